The summed E-state index contributed by atoms with van der Waals surface area (Å²) in [6.07, 6.45) is 3.81. The second kappa shape index (κ2) is 11.2. The summed E-state index contributed by atoms with van der Waals surface area (Å²) in [6.45, 7) is 6.39. The number of H-pyrrole nitrogens is 1. The monoisotopic (exact) mass is 537 g/mol. The molecule has 0 fully saturated rings. The molecule has 1 aliphatic rings. The first-order valence-corrected chi connectivity index (χ1v) is 14.2. The summed E-state index contributed by atoms with van der Waals surface area (Å²) < 4.78 is 14.2. The minimum absolute atomic E-state index is 0.385. The summed E-state index contributed by atoms with van der Waals surface area (Å²) >= 11 is 0. The normalized spacial score (nSPS) is 13.8. The van der Waals surface area contributed by atoms with Gasteiger partial charge in [-0.3, -0.25) is 5.10 Å². The van der Waals surface area contributed by atoms with E-state index >= 15 is 0 Å². The average Bonchev–Trinajstić information content (AvgIpc) is 3.50. The molecule has 0 amide bonds. The van der Waals surface area contributed by atoms with Crippen LogP contribution in [0.25, 0.3) is 32.8 Å². The van der Waals surface area contributed by atoms with Crippen molar-refractivity contribution in [3.05, 3.63) is 82.8 Å². The van der Waals surface area contributed by atoms with Gasteiger partial charge < -0.3 is 19.1 Å². The van der Waals surface area contributed by atoms with Crippen molar-refractivity contribution in [2.24, 2.45) is 0 Å². The Morgan fingerprint density at radius 3 is 2.77 bits per heavy atom. The van der Waals surface area contributed by atoms with E-state index in [1.165, 1.54) is 0 Å². The van der Waals surface area contributed by atoms with Crippen molar-refractivity contribution in [1.82, 2.24) is 14.8 Å². The third-order valence-corrected chi connectivity index (χ3v) is 8.00. The summed E-state index contributed by atoms with van der Waals surface area (Å²) in [7, 11) is 0. The quantitative estimate of drug-likeness (QED) is 0.217. The van der Waals surface area contributed by atoms with Gasteiger partial charge in [0.25, 0.3) is 0 Å². The van der Waals surface area contributed by atoms with Crippen LogP contribution in [0.3, 0.4) is 0 Å². The van der Waals surface area contributed by atoms with Crippen molar-refractivity contribution in [3.63, 3.8) is 0 Å². The lowest BCUT2D eigenvalue weighted by atomic mass is 9.93. The van der Waals surface area contributed by atoms with Gasteiger partial charge in [-0.2, -0.15) is 5.10 Å². The van der Waals surface area contributed by atoms with Crippen LogP contribution < -0.4 is 4.74 Å². The number of carboxylic acid groups (broad SMARTS) is 1. The molecule has 206 valence electrons. The van der Waals surface area contributed by atoms with Crippen LogP contribution in [0.4, 0.5) is 0 Å². The van der Waals surface area contributed by atoms with Gasteiger partial charge in [-0.1, -0.05) is 55.5 Å². The maximum absolute atomic E-state index is 12.8. The summed E-state index contributed by atoms with van der Waals surface area (Å²) in [5.41, 5.74) is 7.38. The van der Waals surface area contributed by atoms with E-state index < -0.39 is 5.97 Å². The predicted octanol–water partition coefficient (Wildman–Crippen LogP) is 7.08. The molecule has 0 bridgehead atoms. The fourth-order valence-electron chi connectivity index (χ4n) is 6.13. The van der Waals surface area contributed by atoms with E-state index in [1.807, 2.05) is 28.8 Å². The zero-order valence-electron chi connectivity index (χ0n) is 23.1. The zero-order chi connectivity index (χ0) is 27.6. The van der Waals surface area contributed by atoms with Crippen molar-refractivity contribution in [3.8, 4) is 16.9 Å². The number of aromatic nitrogens is 3. The molecule has 7 nitrogen and oxygen atoms in total. The molecule has 0 spiro atoms. The summed E-state index contributed by atoms with van der Waals surface area (Å²) in [6, 6.07) is 18.5. The zero-order valence-corrected chi connectivity index (χ0v) is 23.1. The van der Waals surface area contributed by atoms with Crippen LogP contribution in [-0.4, -0.2) is 39.1 Å². The fourth-order valence-corrected chi connectivity index (χ4v) is 6.13. The van der Waals surface area contributed by atoms with E-state index in [9.17, 15) is 9.90 Å². The molecule has 0 unspecified atom stereocenters. The van der Waals surface area contributed by atoms with Crippen LogP contribution in [-0.2, 0) is 30.7 Å². The second-order valence-corrected chi connectivity index (χ2v) is 10.5. The van der Waals surface area contributed by atoms with Gasteiger partial charge >= 0.3 is 5.97 Å². The molecule has 2 aromatic heterocycles. The van der Waals surface area contributed by atoms with Crippen molar-refractivity contribution in [1.29, 1.82) is 0 Å². The van der Waals surface area contributed by atoms with Gasteiger partial charge in [0.2, 0.25) is 0 Å². The molecule has 40 heavy (non-hydrogen) atoms. The van der Waals surface area contributed by atoms with Gasteiger partial charge in [0.15, 0.2) is 0 Å². The SMILES string of the molecule is CCc1[nH]nc2c1-c1c(C)ccc3c(CCCOc4cccc5ccccc45)c(C(=O)O)n(c13)CCCCOC2. The highest BCUT2D eigenvalue weighted by atomic mass is 16.5. The van der Waals surface area contributed by atoms with E-state index in [4.69, 9.17) is 9.47 Å². The number of carboxylic acids is 1. The number of benzene rings is 3. The third kappa shape index (κ3) is 4.64. The molecule has 0 aliphatic carbocycles. The number of fused-ring (bicyclic) bond motifs is 3. The first kappa shape index (κ1) is 26.1. The van der Waals surface area contributed by atoms with E-state index in [2.05, 4.69) is 54.4 Å². The minimum atomic E-state index is -0.890. The lowest BCUT2D eigenvalue weighted by Crippen LogP contribution is -2.12. The lowest BCUT2D eigenvalue weighted by Gasteiger charge is -2.14. The first-order chi connectivity index (χ1) is 19.6. The van der Waals surface area contributed by atoms with Gasteiger partial charge in [-0.15, -0.1) is 0 Å². The number of aromatic carboxylic acids is 1. The molecule has 0 radical (unpaired) electrons. The van der Waals surface area contributed by atoms with E-state index in [0.29, 0.717) is 44.9 Å². The Morgan fingerprint density at radius 1 is 1.07 bits per heavy atom. The topological polar surface area (TPSA) is 89.4 Å². The van der Waals surface area contributed by atoms with Crippen LogP contribution in [0.15, 0.2) is 54.6 Å². The Morgan fingerprint density at radius 2 is 1.93 bits per heavy atom. The Balaban J connectivity index is 1.42. The van der Waals surface area contributed by atoms with Crippen LogP contribution in [0, 0.1) is 6.92 Å². The number of nitrogens with one attached hydrogen (secondary N) is 1. The molecule has 0 saturated carbocycles. The van der Waals surface area contributed by atoms with Gasteiger partial charge in [-0.05, 0) is 61.6 Å². The average molecular weight is 538 g/mol. The number of rotatable bonds is 7. The molecule has 5 aromatic rings. The van der Waals surface area contributed by atoms with Crippen molar-refractivity contribution < 1.29 is 19.4 Å². The minimum Gasteiger partial charge on any atom is -0.493 e. The smallest absolute Gasteiger partial charge is 0.352 e. The van der Waals surface area contributed by atoms with E-state index in [-0.39, 0.29) is 0 Å². The molecule has 3 heterocycles. The summed E-state index contributed by atoms with van der Waals surface area (Å²) in [5.74, 6) is -0.0350. The molecular formula is C33H35N3O4. The number of hydrogen-bond acceptors (Lipinski definition) is 4. The number of aryl methyl sites for hydroxylation is 4. The highest BCUT2D eigenvalue weighted by Crippen LogP contribution is 2.40. The third-order valence-electron chi connectivity index (χ3n) is 8.00. The molecule has 6 rings (SSSR count). The molecule has 0 atom stereocenters. The van der Waals surface area contributed by atoms with Crippen molar-refractivity contribution in [2.45, 2.75) is 59.1 Å². The van der Waals surface area contributed by atoms with Gasteiger partial charge in [0.1, 0.15) is 11.4 Å². The molecule has 7 heteroatoms. The van der Waals surface area contributed by atoms with Crippen LogP contribution in [0.1, 0.15) is 59.2 Å². The van der Waals surface area contributed by atoms with Gasteiger partial charge in [-0.25, -0.2) is 4.79 Å². The second-order valence-electron chi connectivity index (χ2n) is 10.5. The first-order valence-electron chi connectivity index (χ1n) is 14.2. The van der Waals surface area contributed by atoms with Gasteiger partial charge in [0.05, 0.1) is 24.4 Å². The predicted molar refractivity (Wildman–Crippen MR) is 157 cm³/mol. The molecule has 1 aliphatic heterocycles. The summed E-state index contributed by atoms with van der Waals surface area (Å²) in [5, 5.41) is 21.6. The van der Waals surface area contributed by atoms with E-state index in [1.54, 1.807) is 0 Å². The highest BCUT2D eigenvalue weighted by Gasteiger charge is 2.28. The fraction of sp³-hybridized carbons (Fsp3) is 0.333. The highest BCUT2D eigenvalue weighted by molar-refractivity contribution is 6.05. The van der Waals surface area contributed by atoms with Crippen LogP contribution >= 0.6 is 0 Å². The number of ether oxygens (including phenoxy) is 2. The largest absolute Gasteiger partial charge is 0.493 e. The van der Waals surface area contributed by atoms with Crippen LogP contribution in [0.2, 0.25) is 0 Å². The maximum Gasteiger partial charge on any atom is 0.352 e. The molecule has 3 aromatic carbocycles. The molecule has 0 saturated heterocycles. The molecular weight excluding hydrogens is 502 g/mol. The van der Waals surface area contributed by atoms with Crippen molar-refractivity contribution >= 4 is 27.6 Å². The van der Waals surface area contributed by atoms with Crippen LogP contribution in [0.5, 0.6) is 5.75 Å². The Labute approximate surface area is 233 Å². The number of hydrogen-bond donors (Lipinski definition) is 2. The maximum atomic E-state index is 12.8. The van der Waals surface area contributed by atoms with E-state index in [0.717, 1.165) is 80.3 Å². The Bertz CT molecular complexity index is 1690. The lowest BCUT2D eigenvalue weighted by molar-refractivity contribution is 0.0683. The number of nitrogens with zero attached hydrogens (tertiary/aromatic N) is 2. The Kier molecular flexibility index (Phi) is 7.30. The number of aromatic amines is 1. The van der Waals surface area contributed by atoms with Crippen molar-refractivity contribution in [2.75, 3.05) is 13.2 Å². The number of carbonyl (C=O) groups is 1. The Hall–Kier alpha value is -4.10. The van der Waals surface area contributed by atoms with Gasteiger partial charge in [0, 0.05) is 40.7 Å². The summed E-state index contributed by atoms with van der Waals surface area (Å²) in [4.78, 5) is 12.8. The standard InChI is InChI=1S/C33H35N3O4/c1-3-26-30-27(35-34-26)20-39-18-7-6-17-36-31-25(16-15-21(2)29(30)31)24(32(36)33(37)38)13-9-19-40-28-14-8-11-22-10-4-5-12-23(22)28/h4-5,8,10-12,14-16H,3,6-7,9,13,17-20H2,1-2H3,(H,34,35)(H,37,38). The molecule has 2 N–H and O–H groups in total.